The molecule has 2 heterocycles. The summed E-state index contributed by atoms with van der Waals surface area (Å²) in [6.45, 7) is 8.17. The summed E-state index contributed by atoms with van der Waals surface area (Å²) in [6, 6.07) is 7.10. The number of likely N-dealkylation sites (tertiary alicyclic amines) is 1. The van der Waals surface area contributed by atoms with Gasteiger partial charge in [-0.2, -0.15) is 0 Å². The van der Waals surface area contributed by atoms with Crippen molar-refractivity contribution in [3.8, 4) is 5.75 Å². The molecule has 1 N–H and O–H groups in total. The summed E-state index contributed by atoms with van der Waals surface area (Å²) < 4.78 is 5.94. The zero-order valence-corrected chi connectivity index (χ0v) is 14.1. The molecule has 2 aliphatic heterocycles. The Labute approximate surface area is 134 Å². The molecule has 3 heteroatoms. The smallest absolute Gasteiger partial charge is 0.127 e. The topological polar surface area (TPSA) is 32.7 Å². The Morgan fingerprint density at radius 2 is 2.14 bits per heavy atom. The van der Waals surface area contributed by atoms with Gasteiger partial charge in [0.05, 0.1) is 6.04 Å². The fraction of sp³-hybridized carbons (Fsp3) is 0.684. The summed E-state index contributed by atoms with van der Waals surface area (Å²) >= 11 is 0. The predicted molar refractivity (Wildman–Crippen MR) is 89.4 cm³/mol. The maximum absolute atomic E-state index is 10.6. The molecule has 0 saturated carbocycles. The van der Waals surface area contributed by atoms with Gasteiger partial charge in [-0.05, 0) is 37.3 Å². The second kappa shape index (κ2) is 6.59. The van der Waals surface area contributed by atoms with Gasteiger partial charge in [-0.1, -0.05) is 45.4 Å². The molecule has 3 atom stereocenters. The molecule has 3 rings (SSSR count). The van der Waals surface area contributed by atoms with Gasteiger partial charge in [0.25, 0.3) is 0 Å². The normalized spacial score (nSPS) is 29.2. The Bertz CT molecular complexity index is 514. The van der Waals surface area contributed by atoms with E-state index in [0.29, 0.717) is 18.6 Å². The molecule has 1 aromatic rings. The van der Waals surface area contributed by atoms with Gasteiger partial charge in [-0.15, -0.1) is 0 Å². The van der Waals surface area contributed by atoms with Crippen molar-refractivity contribution >= 4 is 0 Å². The summed E-state index contributed by atoms with van der Waals surface area (Å²) in [5.74, 6) is 1.46. The lowest BCUT2D eigenvalue weighted by molar-refractivity contribution is -0.0294. The fourth-order valence-corrected chi connectivity index (χ4v) is 4.12. The van der Waals surface area contributed by atoms with Crippen molar-refractivity contribution in [1.29, 1.82) is 0 Å². The highest BCUT2D eigenvalue weighted by Crippen LogP contribution is 2.43. The Hall–Kier alpha value is -1.06. The van der Waals surface area contributed by atoms with E-state index in [1.165, 1.54) is 30.4 Å². The van der Waals surface area contributed by atoms with Crippen LogP contribution >= 0.6 is 0 Å². The Morgan fingerprint density at radius 1 is 1.32 bits per heavy atom. The number of hydrogen-bond donors (Lipinski definition) is 1. The molecule has 0 radical (unpaired) electrons. The number of fused-ring (bicyclic) bond motifs is 1. The molecule has 2 aliphatic rings. The minimum atomic E-state index is -0.429. The molecule has 3 nitrogen and oxygen atoms in total. The summed E-state index contributed by atoms with van der Waals surface area (Å²) in [7, 11) is 0. The minimum absolute atomic E-state index is 0.0905. The number of piperidine rings is 1. The standard InChI is InChI=1S/C19H29NO2/c1-4-14-8-5-6-11-20(14)18-16-10-7-9-15(13(2)3)19(16)22-12-17(18)21/h7,9-10,13-14,17-18,21H,4-6,8,11-12H2,1-3H3. The van der Waals surface area contributed by atoms with E-state index in [4.69, 9.17) is 4.74 Å². The van der Waals surface area contributed by atoms with Gasteiger partial charge in [0.1, 0.15) is 18.5 Å². The highest BCUT2D eigenvalue weighted by Gasteiger charge is 2.38. The summed E-state index contributed by atoms with van der Waals surface area (Å²) in [4.78, 5) is 2.54. The zero-order chi connectivity index (χ0) is 15.7. The van der Waals surface area contributed by atoms with E-state index in [-0.39, 0.29) is 6.04 Å². The monoisotopic (exact) mass is 303 g/mol. The Balaban J connectivity index is 2.00. The number of aliphatic hydroxyl groups excluding tert-OH is 1. The van der Waals surface area contributed by atoms with Gasteiger partial charge in [0, 0.05) is 11.6 Å². The average molecular weight is 303 g/mol. The summed E-state index contributed by atoms with van der Waals surface area (Å²) in [6.07, 6.45) is 4.53. The molecular formula is C19H29NO2. The zero-order valence-electron chi connectivity index (χ0n) is 14.1. The first-order valence-corrected chi connectivity index (χ1v) is 8.82. The molecule has 0 spiro atoms. The quantitative estimate of drug-likeness (QED) is 0.920. The van der Waals surface area contributed by atoms with E-state index in [9.17, 15) is 5.11 Å². The van der Waals surface area contributed by atoms with Crippen molar-refractivity contribution in [2.24, 2.45) is 0 Å². The fourth-order valence-electron chi connectivity index (χ4n) is 4.12. The first-order valence-electron chi connectivity index (χ1n) is 8.82. The summed E-state index contributed by atoms with van der Waals surface area (Å²) in [5.41, 5.74) is 2.45. The van der Waals surface area contributed by atoms with Crippen LogP contribution in [0, 0.1) is 0 Å². The maximum atomic E-state index is 10.6. The predicted octanol–water partition coefficient (Wildman–Crippen LogP) is 3.87. The van der Waals surface area contributed by atoms with Crippen LogP contribution in [0.1, 0.15) is 69.5 Å². The van der Waals surface area contributed by atoms with Crippen molar-refractivity contribution in [2.75, 3.05) is 13.2 Å². The van der Waals surface area contributed by atoms with Crippen LogP contribution in [0.3, 0.4) is 0 Å². The Kier molecular flexibility index (Phi) is 4.74. The van der Waals surface area contributed by atoms with Crippen LogP contribution in [-0.2, 0) is 0 Å². The molecule has 0 bridgehead atoms. The lowest BCUT2D eigenvalue weighted by atomic mass is 9.88. The van der Waals surface area contributed by atoms with E-state index >= 15 is 0 Å². The van der Waals surface area contributed by atoms with E-state index in [1.54, 1.807) is 0 Å². The highest BCUT2D eigenvalue weighted by molar-refractivity contribution is 5.46. The number of rotatable bonds is 3. The van der Waals surface area contributed by atoms with Crippen molar-refractivity contribution in [2.45, 2.75) is 70.6 Å². The van der Waals surface area contributed by atoms with Crippen molar-refractivity contribution in [3.63, 3.8) is 0 Å². The molecule has 1 saturated heterocycles. The van der Waals surface area contributed by atoms with Crippen LogP contribution in [0.4, 0.5) is 0 Å². The third-order valence-corrected chi connectivity index (χ3v) is 5.28. The first kappa shape index (κ1) is 15.8. The molecule has 0 amide bonds. The molecular weight excluding hydrogens is 274 g/mol. The van der Waals surface area contributed by atoms with E-state index in [1.807, 2.05) is 0 Å². The average Bonchev–Trinajstić information content (AvgIpc) is 2.54. The van der Waals surface area contributed by atoms with Crippen LogP contribution in [0.25, 0.3) is 0 Å². The van der Waals surface area contributed by atoms with Crippen molar-refractivity contribution in [3.05, 3.63) is 29.3 Å². The molecule has 122 valence electrons. The molecule has 1 aromatic carbocycles. The molecule has 1 fully saturated rings. The second-order valence-corrected chi connectivity index (χ2v) is 7.04. The second-order valence-electron chi connectivity index (χ2n) is 7.04. The third-order valence-electron chi connectivity index (χ3n) is 5.28. The first-order chi connectivity index (χ1) is 10.6. The van der Waals surface area contributed by atoms with Crippen LogP contribution in [0.2, 0.25) is 0 Å². The molecule has 22 heavy (non-hydrogen) atoms. The number of aliphatic hydroxyl groups is 1. The number of ether oxygens (including phenoxy) is 1. The van der Waals surface area contributed by atoms with Gasteiger partial charge >= 0.3 is 0 Å². The number of para-hydroxylation sites is 1. The minimum Gasteiger partial charge on any atom is -0.490 e. The number of benzene rings is 1. The lowest BCUT2D eigenvalue weighted by Gasteiger charge is -2.45. The van der Waals surface area contributed by atoms with E-state index in [0.717, 1.165) is 18.7 Å². The Morgan fingerprint density at radius 3 is 2.86 bits per heavy atom. The van der Waals surface area contributed by atoms with Gasteiger partial charge in [0.15, 0.2) is 0 Å². The number of nitrogens with zero attached hydrogens (tertiary/aromatic N) is 1. The molecule has 0 aromatic heterocycles. The van der Waals surface area contributed by atoms with Gasteiger partial charge in [-0.3, -0.25) is 4.90 Å². The molecule has 3 unspecified atom stereocenters. The van der Waals surface area contributed by atoms with Crippen LogP contribution in [0.5, 0.6) is 5.75 Å². The lowest BCUT2D eigenvalue weighted by Crippen LogP contribution is -2.49. The van der Waals surface area contributed by atoms with Crippen LogP contribution in [-0.4, -0.2) is 35.3 Å². The van der Waals surface area contributed by atoms with Gasteiger partial charge in [-0.25, -0.2) is 0 Å². The highest BCUT2D eigenvalue weighted by atomic mass is 16.5. The van der Waals surface area contributed by atoms with Crippen molar-refractivity contribution < 1.29 is 9.84 Å². The largest absolute Gasteiger partial charge is 0.490 e. The number of hydrogen-bond acceptors (Lipinski definition) is 3. The van der Waals surface area contributed by atoms with Gasteiger partial charge in [0.2, 0.25) is 0 Å². The van der Waals surface area contributed by atoms with Crippen LogP contribution < -0.4 is 4.74 Å². The summed E-state index contributed by atoms with van der Waals surface area (Å²) in [5, 5.41) is 10.6. The van der Waals surface area contributed by atoms with E-state index < -0.39 is 6.10 Å². The van der Waals surface area contributed by atoms with Crippen LogP contribution in [0.15, 0.2) is 18.2 Å². The van der Waals surface area contributed by atoms with Gasteiger partial charge < -0.3 is 9.84 Å². The van der Waals surface area contributed by atoms with Crippen molar-refractivity contribution in [1.82, 2.24) is 4.90 Å². The van der Waals surface area contributed by atoms with E-state index in [2.05, 4.69) is 43.9 Å². The molecule has 0 aliphatic carbocycles. The maximum Gasteiger partial charge on any atom is 0.127 e. The third kappa shape index (κ3) is 2.77. The SMILES string of the molecule is CCC1CCCCN1C1c2cccc(C(C)C)c2OCC1O.